The van der Waals surface area contributed by atoms with Gasteiger partial charge in [-0.1, -0.05) is 15.9 Å². The molecule has 0 radical (unpaired) electrons. The van der Waals surface area contributed by atoms with Crippen molar-refractivity contribution in [2.24, 2.45) is 14.1 Å². The largest absolute Gasteiger partial charge is 0.332 e. The first-order chi connectivity index (χ1) is 10.8. The molecule has 0 bridgehead atoms. The number of hydrogen-bond acceptors (Lipinski definition) is 3. The third-order valence-corrected chi connectivity index (χ3v) is 4.52. The third kappa shape index (κ3) is 2.42. The zero-order valence-corrected chi connectivity index (χ0v) is 14.0. The molecule has 8 heteroatoms. The minimum atomic E-state index is -0.748. The second kappa shape index (κ2) is 5.45. The maximum Gasteiger partial charge on any atom is 0.332 e. The van der Waals surface area contributed by atoms with Gasteiger partial charge in [0.15, 0.2) is 0 Å². The van der Waals surface area contributed by atoms with Gasteiger partial charge in [0.1, 0.15) is 11.6 Å². The summed E-state index contributed by atoms with van der Waals surface area (Å²) in [6.07, 6.45) is -0.0617. The molecule has 1 unspecified atom stereocenters. The number of halogens is 2. The zero-order chi connectivity index (χ0) is 16.9. The zero-order valence-electron chi connectivity index (χ0n) is 12.4. The number of carbonyl (C=O) groups is 1. The van der Waals surface area contributed by atoms with Crippen LogP contribution in [0.15, 0.2) is 32.3 Å². The highest BCUT2D eigenvalue weighted by molar-refractivity contribution is 9.10. The van der Waals surface area contributed by atoms with Gasteiger partial charge in [0, 0.05) is 30.9 Å². The molecule has 1 aromatic carbocycles. The van der Waals surface area contributed by atoms with Crippen LogP contribution in [0.5, 0.6) is 0 Å². The number of nitrogens with one attached hydrogen (secondary N) is 1. The maximum atomic E-state index is 14.3. The molecule has 1 aliphatic heterocycles. The minimum absolute atomic E-state index is 0.0617. The van der Waals surface area contributed by atoms with Crippen molar-refractivity contribution >= 4 is 27.7 Å². The van der Waals surface area contributed by atoms with Crippen molar-refractivity contribution in [3.63, 3.8) is 0 Å². The van der Waals surface area contributed by atoms with Crippen molar-refractivity contribution in [1.82, 2.24) is 9.13 Å². The molecular weight excluding hydrogens is 369 g/mol. The molecule has 0 spiro atoms. The number of fused-ring (bicyclic) bond motifs is 1. The Bertz CT molecular complexity index is 948. The Morgan fingerprint density at radius 1 is 1.22 bits per heavy atom. The van der Waals surface area contributed by atoms with Gasteiger partial charge < -0.3 is 5.32 Å². The van der Waals surface area contributed by atoms with E-state index in [1.165, 1.54) is 24.7 Å². The summed E-state index contributed by atoms with van der Waals surface area (Å²) < 4.78 is 17.0. The topological polar surface area (TPSA) is 73.1 Å². The van der Waals surface area contributed by atoms with Crippen LogP contribution in [-0.4, -0.2) is 15.0 Å². The fraction of sp³-hybridized carbons (Fsp3) is 0.267. The Balaban J connectivity index is 2.36. The SMILES string of the molecule is Cn1c2c(c(=O)n(C)c1=O)C(c1cc(Br)ccc1F)CC(=O)N2. The molecule has 1 amide bonds. The van der Waals surface area contributed by atoms with Crippen LogP contribution in [0.25, 0.3) is 0 Å². The van der Waals surface area contributed by atoms with Crippen molar-refractivity contribution in [2.45, 2.75) is 12.3 Å². The molecule has 6 nitrogen and oxygen atoms in total. The van der Waals surface area contributed by atoms with Gasteiger partial charge in [-0.3, -0.25) is 18.7 Å². The van der Waals surface area contributed by atoms with E-state index < -0.39 is 23.0 Å². The number of carbonyl (C=O) groups excluding carboxylic acids is 1. The van der Waals surface area contributed by atoms with Gasteiger partial charge in [0.25, 0.3) is 5.56 Å². The molecule has 120 valence electrons. The van der Waals surface area contributed by atoms with E-state index in [1.54, 1.807) is 12.1 Å². The average molecular weight is 382 g/mol. The number of nitrogens with zero attached hydrogens (tertiary/aromatic N) is 2. The van der Waals surface area contributed by atoms with E-state index in [-0.39, 0.29) is 29.3 Å². The van der Waals surface area contributed by atoms with E-state index in [4.69, 9.17) is 0 Å². The van der Waals surface area contributed by atoms with Crippen LogP contribution in [0.1, 0.15) is 23.5 Å². The van der Waals surface area contributed by atoms with E-state index in [0.29, 0.717) is 4.47 Å². The number of rotatable bonds is 1. The van der Waals surface area contributed by atoms with Crippen LogP contribution in [0.4, 0.5) is 10.2 Å². The maximum absolute atomic E-state index is 14.3. The van der Waals surface area contributed by atoms with Crippen LogP contribution >= 0.6 is 15.9 Å². The smallest absolute Gasteiger partial charge is 0.312 e. The van der Waals surface area contributed by atoms with Gasteiger partial charge in [-0.2, -0.15) is 0 Å². The highest BCUT2D eigenvalue weighted by Crippen LogP contribution is 2.36. The summed E-state index contributed by atoms with van der Waals surface area (Å²) in [5, 5.41) is 2.55. The Morgan fingerprint density at radius 2 is 1.91 bits per heavy atom. The molecule has 1 atom stereocenters. The summed E-state index contributed by atoms with van der Waals surface area (Å²) in [5.74, 6) is -1.50. The second-order valence-electron chi connectivity index (χ2n) is 5.44. The van der Waals surface area contributed by atoms with Crippen LogP contribution in [0.2, 0.25) is 0 Å². The van der Waals surface area contributed by atoms with E-state index in [1.807, 2.05) is 0 Å². The van der Waals surface area contributed by atoms with Gasteiger partial charge in [-0.05, 0) is 23.8 Å². The van der Waals surface area contributed by atoms with Crippen LogP contribution in [0.3, 0.4) is 0 Å². The van der Waals surface area contributed by atoms with E-state index >= 15 is 0 Å². The lowest BCUT2D eigenvalue weighted by molar-refractivity contribution is -0.116. The monoisotopic (exact) mass is 381 g/mol. The Morgan fingerprint density at radius 3 is 2.61 bits per heavy atom. The van der Waals surface area contributed by atoms with E-state index in [9.17, 15) is 18.8 Å². The Labute approximate surface area is 138 Å². The first kappa shape index (κ1) is 15.7. The predicted molar refractivity (Wildman–Crippen MR) is 86.1 cm³/mol. The standard InChI is InChI=1S/C15H13BrFN3O3/c1-19-13-12(14(22)20(2)15(19)23)9(6-11(21)18-13)8-5-7(16)3-4-10(8)17/h3-5,9H,6H2,1-2H3,(H,18,21). The summed E-state index contributed by atoms with van der Waals surface area (Å²) in [7, 11) is 2.82. The van der Waals surface area contributed by atoms with Gasteiger partial charge in [0.05, 0.1) is 5.56 Å². The molecular formula is C15H13BrFN3O3. The summed E-state index contributed by atoms with van der Waals surface area (Å²) in [6, 6.07) is 4.37. The molecule has 0 saturated heterocycles. The molecule has 0 aliphatic carbocycles. The molecule has 3 rings (SSSR count). The van der Waals surface area contributed by atoms with Gasteiger partial charge >= 0.3 is 5.69 Å². The number of amides is 1. The first-order valence-corrected chi connectivity index (χ1v) is 7.65. The normalized spacial score (nSPS) is 16.9. The lowest BCUT2D eigenvalue weighted by atomic mass is 9.86. The molecule has 1 N–H and O–H groups in total. The molecule has 1 aliphatic rings. The predicted octanol–water partition coefficient (Wildman–Crippen LogP) is 1.46. The highest BCUT2D eigenvalue weighted by atomic mass is 79.9. The molecule has 2 aromatic rings. The van der Waals surface area contributed by atoms with E-state index in [2.05, 4.69) is 21.2 Å². The van der Waals surface area contributed by atoms with Crippen molar-refractivity contribution in [3.05, 3.63) is 60.5 Å². The summed E-state index contributed by atoms with van der Waals surface area (Å²) in [4.78, 5) is 36.6. The fourth-order valence-corrected chi connectivity index (χ4v) is 3.23. The Kier molecular flexibility index (Phi) is 3.71. The van der Waals surface area contributed by atoms with Gasteiger partial charge in [-0.15, -0.1) is 0 Å². The second-order valence-corrected chi connectivity index (χ2v) is 6.35. The Hall–Kier alpha value is -2.22. The quantitative estimate of drug-likeness (QED) is 0.812. The third-order valence-electron chi connectivity index (χ3n) is 4.03. The van der Waals surface area contributed by atoms with Gasteiger partial charge in [0.2, 0.25) is 5.91 Å². The molecule has 0 fully saturated rings. The number of aromatic nitrogens is 2. The molecule has 0 saturated carbocycles. The molecule has 23 heavy (non-hydrogen) atoms. The number of anilines is 1. The van der Waals surface area contributed by atoms with Crippen molar-refractivity contribution in [1.29, 1.82) is 0 Å². The van der Waals surface area contributed by atoms with Gasteiger partial charge in [-0.25, -0.2) is 9.18 Å². The van der Waals surface area contributed by atoms with Crippen molar-refractivity contribution in [3.8, 4) is 0 Å². The van der Waals surface area contributed by atoms with Crippen molar-refractivity contribution in [2.75, 3.05) is 5.32 Å². The van der Waals surface area contributed by atoms with Crippen molar-refractivity contribution < 1.29 is 9.18 Å². The highest BCUT2D eigenvalue weighted by Gasteiger charge is 2.33. The lowest BCUT2D eigenvalue weighted by Crippen LogP contribution is -2.44. The summed E-state index contributed by atoms with van der Waals surface area (Å²) >= 11 is 3.27. The minimum Gasteiger partial charge on any atom is -0.312 e. The average Bonchev–Trinajstić information content (AvgIpc) is 2.52. The summed E-state index contributed by atoms with van der Waals surface area (Å²) in [5.41, 5.74) is -0.630. The van der Waals surface area contributed by atoms with Crippen LogP contribution < -0.4 is 16.6 Å². The van der Waals surface area contributed by atoms with E-state index in [0.717, 1.165) is 4.57 Å². The van der Waals surface area contributed by atoms with Crippen LogP contribution in [-0.2, 0) is 18.9 Å². The molecule has 2 heterocycles. The first-order valence-electron chi connectivity index (χ1n) is 6.86. The number of benzene rings is 1. The lowest BCUT2D eigenvalue weighted by Gasteiger charge is -2.27. The molecule has 1 aromatic heterocycles. The fourth-order valence-electron chi connectivity index (χ4n) is 2.85. The summed E-state index contributed by atoms with van der Waals surface area (Å²) in [6.45, 7) is 0. The number of hydrogen-bond donors (Lipinski definition) is 1. The van der Waals surface area contributed by atoms with Crippen LogP contribution in [0, 0.1) is 5.82 Å².